The van der Waals surface area contributed by atoms with E-state index in [1.165, 1.54) is 6.33 Å². The van der Waals surface area contributed by atoms with Gasteiger partial charge in [0.15, 0.2) is 6.33 Å². The van der Waals surface area contributed by atoms with Crippen LogP contribution in [0.15, 0.2) is 16.9 Å². The molecule has 0 unspecified atom stereocenters. The van der Waals surface area contributed by atoms with Crippen molar-refractivity contribution in [2.24, 2.45) is 0 Å². The Balaban J connectivity index is 1.90. The number of hydrogen-bond acceptors (Lipinski definition) is 7. The van der Waals surface area contributed by atoms with E-state index < -0.39 is 0 Å². The largest absolute Gasteiger partial charge is 0.370 e. The first kappa shape index (κ1) is 13.3. The number of aromatic nitrogens is 4. The van der Waals surface area contributed by atoms with Crippen molar-refractivity contribution >= 4 is 11.6 Å². The summed E-state index contributed by atoms with van der Waals surface area (Å²) in [5.41, 5.74) is 0. The van der Waals surface area contributed by atoms with Crippen LogP contribution in [0.5, 0.6) is 0 Å². The average Bonchev–Trinajstić information content (AvgIpc) is 2.89. The molecule has 0 radical (unpaired) electrons. The summed E-state index contributed by atoms with van der Waals surface area (Å²) < 4.78 is 4.93. The van der Waals surface area contributed by atoms with E-state index in [1.54, 1.807) is 0 Å². The van der Waals surface area contributed by atoms with Crippen LogP contribution >= 0.6 is 0 Å². The number of rotatable bonds is 7. The average molecular weight is 262 g/mol. The third kappa shape index (κ3) is 4.20. The Morgan fingerprint density at radius 2 is 1.89 bits per heavy atom. The SMILES string of the molecule is CCCNc1cc(NCCc2ncno2)nc(C)n1. The van der Waals surface area contributed by atoms with Crippen LogP contribution in [0.25, 0.3) is 0 Å². The van der Waals surface area contributed by atoms with E-state index in [-0.39, 0.29) is 0 Å². The Labute approximate surface area is 111 Å². The Kier molecular flexibility index (Phi) is 4.66. The molecular formula is C12H18N6O. The van der Waals surface area contributed by atoms with Crippen LogP contribution in [0, 0.1) is 6.92 Å². The number of hydrogen-bond donors (Lipinski definition) is 2. The molecule has 2 rings (SSSR count). The van der Waals surface area contributed by atoms with Crippen molar-refractivity contribution < 1.29 is 4.52 Å². The summed E-state index contributed by atoms with van der Waals surface area (Å²) in [5, 5.41) is 10.0. The molecule has 0 amide bonds. The lowest BCUT2D eigenvalue weighted by molar-refractivity contribution is 0.379. The first-order valence-corrected chi connectivity index (χ1v) is 6.37. The molecule has 0 aliphatic heterocycles. The highest BCUT2D eigenvalue weighted by molar-refractivity contribution is 5.47. The second kappa shape index (κ2) is 6.67. The summed E-state index contributed by atoms with van der Waals surface area (Å²) in [4.78, 5) is 12.6. The van der Waals surface area contributed by atoms with Gasteiger partial charge in [0.2, 0.25) is 5.89 Å². The molecule has 2 aromatic heterocycles. The zero-order valence-electron chi connectivity index (χ0n) is 11.2. The second-order valence-electron chi connectivity index (χ2n) is 4.12. The van der Waals surface area contributed by atoms with Crippen molar-refractivity contribution in [1.29, 1.82) is 0 Å². The van der Waals surface area contributed by atoms with Gasteiger partial charge in [0.05, 0.1) is 0 Å². The fourth-order valence-corrected chi connectivity index (χ4v) is 1.61. The highest BCUT2D eigenvalue weighted by atomic mass is 16.5. The van der Waals surface area contributed by atoms with E-state index in [1.807, 2.05) is 13.0 Å². The molecule has 19 heavy (non-hydrogen) atoms. The minimum Gasteiger partial charge on any atom is -0.370 e. The Hall–Kier alpha value is -2.18. The molecule has 0 aromatic carbocycles. The molecular weight excluding hydrogens is 244 g/mol. The molecule has 7 nitrogen and oxygen atoms in total. The van der Waals surface area contributed by atoms with Crippen LogP contribution in [0.4, 0.5) is 11.6 Å². The number of anilines is 2. The normalized spacial score (nSPS) is 10.4. The standard InChI is InChI=1S/C12H18N6O/c1-3-5-13-10-7-11(18-9(2)17-10)14-6-4-12-15-8-16-19-12/h7-8H,3-6H2,1-2H3,(H2,13,14,17,18). The lowest BCUT2D eigenvalue weighted by Gasteiger charge is -2.08. The van der Waals surface area contributed by atoms with Gasteiger partial charge in [-0.15, -0.1) is 0 Å². The van der Waals surface area contributed by atoms with Gasteiger partial charge in [-0.1, -0.05) is 12.1 Å². The number of nitrogens with zero attached hydrogens (tertiary/aromatic N) is 4. The predicted molar refractivity (Wildman–Crippen MR) is 72.0 cm³/mol. The molecule has 0 atom stereocenters. The lowest BCUT2D eigenvalue weighted by atomic mass is 10.4. The highest BCUT2D eigenvalue weighted by Crippen LogP contribution is 2.11. The quantitative estimate of drug-likeness (QED) is 0.784. The van der Waals surface area contributed by atoms with Crippen molar-refractivity contribution in [2.45, 2.75) is 26.7 Å². The molecule has 7 heteroatoms. The minimum absolute atomic E-state index is 0.614. The van der Waals surface area contributed by atoms with Gasteiger partial charge in [-0.25, -0.2) is 9.97 Å². The summed E-state index contributed by atoms with van der Waals surface area (Å²) in [6.45, 7) is 5.58. The second-order valence-corrected chi connectivity index (χ2v) is 4.12. The Morgan fingerprint density at radius 3 is 2.53 bits per heavy atom. The maximum atomic E-state index is 4.93. The van der Waals surface area contributed by atoms with Gasteiger partial charge in [0.1, 0.15) is 17.5 Å². The van der Waals surface area contributed by atoms with Crippen molar-refractivity contribution in [3.8, 4) is 0 Å². The van der Waals surface area contributed by atoms with E-state index in [4.69, 9.17) is 4.52 Å². The summed E-state index contributed by atoms with van der Waals surface area (Å²) >= 11 is 0. The molecule has 0 bridgehead atoms. The maximum Gasteiger partial charge on any atom is 0.228 e. The van der Waals surface area contributed by atoms with Gasteiger partial charge in [-0.3, -0.25) is 0 Å². The zero-order valence-corrected chi connectivity index (χ0v) is 11.2. The first-order chi connectivity index (χ1) is 9.28. The molecule has 2 aromatic rings. The molecule has 0 saturated carbocycles. The molecule has 0 saturated heterocycles. The van der Waals surface area contributed by atoms with Crippen LogP contribution in [-0.2, 0) is 6.42 Å². The summed E-state index contributed by atoms with van der Waals surface area (Å²) in [5.74, 6) is 2.99. The molecule has 2 heterocycles. The fourth-order valence-electron chi connectivity index (χ4n) is 1.61. The molecule has 0 fully saturated rings. The summed E-state index contributed by atoms with van der Waals surface area (Å²) in [7, 11) is 0. The van der Waals surface area contributed by atoms with E-state index in [0.29, 0.717) is 18.9 Å². The van der Waals surface area contributed by atoms with Gasteiger partial charge in [0, 0.05) is 25.6 Å². The van der Waals surface area contributed by atoms with E-state index >= 15 is 0 Å². The van der Waals surface area contributed by atoms with Crippen molar-refractivity contribution in [3.63, 3.8) is 0 Å². The van der Waals surface area contributed by atoms with Crippen LogP contribution < -0.4 is 10.6 Å². The fraction of sp³-hybridized carbons (Fsp3) is 0.500. The van der Waals surface area contributed by atoms with Crippen molar-refractivity contribution in [1.82, 2.24) is 20.1 Å². The lowest BCUT2D eigenvalue weighted by Crippen LogP contribution is -2.09. The molecule has 0 spiro atoms. The Bertz CT molecular complexity index is 499. The summed E-state index contributed by atoms with van der Waals surface area (Å²) in [6.07, 6.45) is 3.13. The van der Waals surface area contributed by atoms with Gasteiger partial charge >= 0.3 is 0 Å². The van der Waals surface area contributed by atoms with Crippen LogP contribution in [-0.4, -0.2) is 33.2 Å². The smallest absolute Gasteiger partial charge is 0.228 e. The third-order valence-electron chi connectivity index (χ3n) is 2.45. The molecule has 2 N–H and O–H groups in total. The van der Waals surface area contributed by atoms with Gasteiger partial charge < -0.3 is 15.2 Å². The topological polar surface area (TPSA) is 88.8 Å². The minimum atomic E-state index is 0.614. The Morgan fingerprint density at radius 1 is 1.16 bits per heavy atom. The van der Waals surface area contributed by atoms with Gasteiger partial charge in [0.25, 0.3) is 0 Å². The van der Waals surface area contributed by atoms with E-state index in [9.17, 15) is 0 Å². The van der Waals surface area contributed by atoms with Crippen molar-refractivity contribution in [3.05, 3.63) is 24.1 Å². The number of nitrogens with one attached hydrogen (secondary N) is 2. The van der Waals surface area contributed by atoms with E-state index in [0.717, 1.165) is 30.4 Å². The number of aryl methyl sites for hydroxylation is 1. The summed E-state index contributed by atoms with van der Waals surface area (Å²) in [6, 6.07) is 1.90. The maximum absolute atomic E-state index is 4.93. The highest BCUT2D eigenvalue weighted by Gasteiger charge is 2.03. The zero-order chi connectivity index (χ0) is 13.5. The predicted octanol–water partition coefficient (Wildman–Crippen LogP) is 1.64. The van der Waals surface area contributed by atoms with Gasteiger partial charge in [-0.2, -0.15) is 4.98 Å². The van der Waals surface area contributed by atoms with Crippen molar-refractivity contribution in [2.75, 3.05) is 23.7 Å². The monoisotopic (exact) mass is 262 g/mol. The van der Waals surface area contributed by atoms with Gasteiger partial charge in [-0.05, 0) is 13.3 Å². The first-order valence-electron chi connectivity index (χ1n) is 6.37. The van der Waals surface area contributed by atoms with Crippen LogP contribution in [0.3, 0.4) is 0 Å². The van der Waals surface area contributed by atoms with Crippen LogP contribution in [0.1, 0.15) is 25.1 Å². The van der Waals surface area contributed by atoms with E-state index in [2.05, 4.69) is 37.7 Å². The third-order valence-corrected chi connectivity index (χ3v) is 2.45. The molecule has 102 valence electrons. The molecule has 0 aliphatic carbocycles. The molecule has 0 aliphatic rings. The van der Waals surface area contributed by atoms with Crippen LogP contribution in [0.2, 0.25) is 0 Å².